The molecule has 0 aliphatic heterocycles. The molecule has 114 valence electrons. The Labute approximate surface area is 128 Å². The maximum Gasteiger partial charge on any atom is 0.338 e. The zero-order chi connectivity index (χ0) is 16.3. The van der Waals surface area contributed by atoms with Gasteiger partial charge < -0.3 is 4.74 Å². The van der Waals surface area contributed by atoms with Crippen LogP contribution in [0.3, 0.4) is 0 Å². The predicted molar refractivity (Wildman–Crippen MR) is 82.8 cm³/mol. The van der Waals surface area contributed by atoms with Gasteiger partial charge in [-0.15, -0.1) is 0 Å². The van der Waals surface area contributed by atoms with Crippen molar-refractivity contribution < 1.29 is 14.5 Å². The highest BCUT2D eigenvalue weighted by atomic mass is 16.6. The third-order valence-electron chi connectivity index (χ3n) is 3.44. The molecule has 5 nitrogen and oxygen atoms in total. The molecule has 0 amide bonds. The van der Waals surface area contributed by atoms with E-state index in [0.717, 1.165) is 11.1 Å². The lowest BCUT2D eigenvalue weighted by molar-refractivity contribution is -0.385. The molecule has 1 atom stereocenters. The fourth-order valence-electron chi connectivity index (χ4n) is 2.23. The highest BCUT2D eigenvalue weighted by molar-refractivity contribution is 5.91. The zero-order valence-corrected chi connectivity index (χ0v) is 12.7. The average molecular weight is 299 g/mol. The van der Waals surface area contributed by atoms with Gasteiger partial charge in [-0.05, 0) is 38.0 Å². The van der Waals surface area contributed by atoms with Gasteiger partial charge in [0.25, 0.3) is 5.69 Å². The number of nitrogens with zero attached hydrogens (tertiary/aromatic N) is 1. The summed E-state index contributed by atoms with van der Waals surface area (Å²) < 4.78 is 5.42. The third-order valence-corrected chi connectivity index (χ3v) is 3.44. The second-order valence-corrected chi connectivity index (χ2v) is 5.22. The number of esters is 1. The minimum Gasteiger partial charge on any atom is -0.454 e. The molecular weight excluding hydrogens is 282 g/mol. The van der Waals surface area contributed by atoms with E-state index < -0.39 is 17.0 Å². The highest BCUT2D eigenvalue weighted by Crippen LogP contribution is 2.23. The molecule has 0 aromatic heterocycles. The molecule has 5 heteroatoms. The SMILES string of the molecule is Cc1ccc(C(=O)OC(C)c2cccc([N+](=O)[O-])c2)c(C)c1. The van der Waals surface area contributed by atoms with Crippen molar-refractivity contribution in [3.63, 3.8) is 0 Å². The number of ether oxygens (including phenoxy) is 1. The van der Waals surface area contributed by atoms with E-state index in [9.17, 15) is 14.9 Å². The number of carbonyl (C=O) groups is 1. The number of hydrogen-bond donors (Lipinski definition) is 0. The summed E-state index contributed by atoms with van der Waals surface area (Å²) in [5.41, 5.74) is 2.99. The van der Waals surface area contributed by atoms with Gasteiger partial charge in [-0.25, -0.2) is 4.79 Å². The van der Waals surface area contributed by atoms with Gasteiger partial charge in [0.1, 0.15) is 6.10 Å². The van der Waals surface area contributed by atoms with Crippen LogP contribution in [0.5, 0.6) is 0 Å². The van der Waals surface area contributed by atoms with E-state index in [1.54, 1.807) is 25.1 Å². The van der Waals surface area contributed by atoms with Gasteiger partial charge >= 0.3 is 5.97 Å². The Morgan fingerprint density at radius 1 is 1.18 bits per heavy atom. The van der Waals surface area contributed by atoms with Gasteiger partial charge in [0, 0.05) is 12.1 Å². The molecule has 2 rings (SSSR count). The zero-order valence-electron chi connectivity index (χ0n) is 12.7. The molecule has 0 saturated heterocycles. The molecule has 0 heterocycles. The Morgan fingerprint density at radius 2 is 1.91 bits per heavy atom. The number of hydrogen-bond acceptors (Lipinski definition) is 4. The van der Waals surface area contributed by atoms with E-state index in [-0.39, 0.29) is 5.69 Å². The molecule has 0 radical (unpaired) electrons. The number of aryl methyl sites for hydroxylation is 2. The van der Waals surface area contributed by atoms with Crippen LogP contribution in [-0.4, -0.2) is 10.9 Å². The smallest absolute Gasteiger partial charge is 0.338 e. The fourth-order valence-corrected chi connectivity index (χ4v) is 2.23. The number of carbonyl (C=O) groups excluding carboxylic acids is 1. The Bertz CT molecular complexity index is 724. The van der Waals surface area contributed by atoms with Crippen LogP contribution in [0.4, 0.5) is 5.69 Å². The second-order valence-electron chi connectivity index (χ2n) is 5.22. The van der Waals surface area contributed by atoms with E-state index >= 15 is 0 Å². The van der Waals surface area contributed by atoms with Crippen LogP contribution in [0.15, 0.2) is 42.5 Å². The van der Waals surface area contributed by atoms with E-state index in [1.165, 1.54) is 12.1 Å². The Balaban J connectivity index is 2.17. The number of nitro groups is 1. The number of nitro benzene ring substituents is 1. The van der Waals surface area contributed by atoms with Crippen molar-refractivity contribution in [2.45, 2.75) is 26.9 Å². The van der Waals surface area contributed by atoms with Crippen molar-refractivity contribution in [3.8, 4) is 0 Å². The number of benzene rings is 2. The summed E-state index contributed by atoms with van der Waals surface area (Å²) in [5, 5.41) is 10.8. The largest absolute Gasteiger partial charge is 0.454 e. The first-order chi connectivity index (χ1) is 10.4. The summed E-state index contributed by atoms with van der Waals surface area (Å²) in [6.45, 7) is 5.50. The molecule has 0 saturated carbocycles. The number of non-ortho nitro benzene ring substituents is 1. The fraction of sp³-hybridized carbons (Fsp3) is 0.235. The first-order valence-corrected chi connectivity index (χ1v) is 6.91. The maximum atomic E-state index is 12.2. The third kappa shape index (κ3) is 3.49. The van der Waals surface area contributed by atoms with Crippen molar-refractivity contribution in [2.24, 2.45) is 0 Å². The summed E-state index contributed by atoms with van der Waals surface area (Å²) >= 11 is 0. The topological polar surface area (TPSA) is 69.4 Å². The molecule has 1 unspecified atom stereocenters. The van der Waals surface area contributed by atoms with Crippen LogP contribution in [0, 0.1) is 24.0 Å². The summed E-state index contributed by atoms with van der Waals surface area (Å²) in [6, 6.07) is 11.6. The van der Waals surface area contributed by atoms with Gasteiger partial charge in [0.2, 0.25) is 0 Å². The Morgan fingerprint density at radius 3 is 2.55 bits per heavy atom. The first kappa shape index (κ1) is 15.7. The lowest BCUT2D eigenvalue weighted by Gasteiger charge is -2.14. The van der Waals surface area contributed by atoms with Gasteiger partial charge in [0.05, 0.1) is 10.5 Å². The highest BCUT2D eigenvalue weighted by Gasteiger charge is 2.17. The van der Waals surface area contributed by atoms with Crippen molar-refractivity contribution >= 4 is 11.7 Å². The van der Waals surface area contributed by atoms with Crippen LogP contribution in [-0.2, 0) is 4.74 Å². The van der Waals surface area contributed by atoms with Gasteiger partial charge in [-0.3, -0.25) is 10.1 Å². The summed E-state index contributed by atoms with van der Waals surface area (Å²) in [7, 11) is 0. The number of rotatable bonds is 4. The summed E-state index contributed by atoms with van der Waals surface area (Å²) in [6.07, 6.45) is -0.562. The summed E-state index contributed by atoms with van der Waals surface area (Å²) in [5.74, 6) is -0.434. The van der Waals surface area contributed by atoms with Crippen molar-refractivity contribution in [3.05, 3.63) is 74.8 Å². The first-order valence-electron chi connectivity index (χ1n) is 6.91. The molecule has 0 aliphatic rings. The summed E-state index contributed by atoms with van der Waals surface area (Å²) in [4.78, 5) is 22.5. The standard InChI is InChI=1S/C17H17NO4/c1-11-7-8-16(12(2)9-11)17(19)22-13(3)14-5-4-6-15(10-14)18(20)21/h4-10,13H,1-3H3. The molecule has 0 fully saturated rings. The average Bonchev–Trinajstić information content (AvgIpc) is 2.47. The van der Waals surface area contributed by atoms with Crippen molar-refractivity contribution in [2.75, 3.05) is 0 Å². The van der Waals surface area contributed by atoms with E-state index in [2.05, 4.69) is 0 Å². The second kappa shape index (κ2) is 6.39. The van der Waals surface area contributed by atoms with Gasteiger partial charge in [-0.1, -0.05) is 29.8 Å². The predicted octanol–water partition coefficient (Wildman–Crippen LogP) is 4.13. The van der Waals surface area contributed by atoms with E-state index in [4.69, 9.17) is 4.74 Å². The Kier molecular flexibility index (Phi) is 4.56. The molecule has 22 heavy (non-hydrogen) atoms. The molecule has 2 aromatic carbocycles. The molecule has 0 bridgehead atoms. The maximum absolute atomic E-state index is 12.2. The quantitative estimate of drug-likeness (QED) is 0.483. The van der Waals surface area contributed by atoms with Crippen molar-refractivity contribution in [1.29, 1.82) is 0 Å². The molecule has 0 spiro atoms. The van der Waals surface area contributed by atoms with Crippen LogP contribution in [0.25, 0.3) is 0 Å². The van der Waals surface area contributed by atoms with Crippen LogP contribution >= 0.6 is 0 Å². The van der Waals surface area contributed by atoms with Gasteiger partial charge in [-0.2, -0.15) is 0 Å². The molecule has 2 aromatic rings. The van der Waals surface area contributed by atoms with E-state index in [1.807, 2.05) is 26.0 Å². The molecule has 0 aliphatic carbocycles. The minimum absolute atomic E-state index is 0.0214. The van der Waals surface area contributed by atoms with Crippen LogP contribution in [0.2, 0.25) is 0 Å². The molecular formula is C17H17NO4. The van der Waals surface area contributed by atoms with Crippen LogP contribution < -0.4 is 0 Å². The normalized spacial score (nSPS) is 11.8. The van der Waals surface area contributed by atoms with Gasteiger partial charge in [0.15, 0.2) is 0 Å². The lowest BCUT2D eigenvalue weighted by Crippen LogP contribution is -2.11. The molecule has 0 N–H and O–H groups in total. The Hall–Kier alpha value is -2.69. The van der Waals surface area contributed by atoms with E-state index in [0.29, 0.717) is 11.1 Å². The monoisotopic (exact) mass is 299 g/mol. The van der Waals surface area contributed by atoms with Crippen molar-refractivity contribution in [1.82, 2.24) is 0 Å². The minimum atomic E-state index is -0.562. The van der Waals surface area contributed by atoms with Crippen LogP contribution in [0.1, 0.15) is 40.1 Å². The lowest BCUT2D eigenvalue weighted by atomic mass is 10.1.